The second kappa shape index (κ2) is 10.9. The number of carbonyl (C=O) groups excluding carboxylic acids is 1. The highest BCUT2D eigenvalue weighted by atomic mass is 32.2. The van der Waals surface area contributed by atoms with Gasteiger partial charge in [0.15, 0.2) is 4.80 Å². The zero-order valence-corrected chi connectivity index (χ0v) is 21.5. The minimum absolute atomic E-state index is 0.0465. The normalized spacial score (nSPS) is 15.9. The van der Waals surface area contributed by atoms with E-state index in [1.54, 1.807) is 29.9 Å². The van der Waals surface area contributed by atoms with Crippen LogP contribution in [0.25, 0.3) is 10.2 Å². The van der Waals surface area contributed by atoms with Crippen LogP contribution >= 0.6 is 11.3 Å². The molecule has 1 amide bonds. The van der Waals surface area contributed by atoms with Crippen LogP contribution in [0.4, 0.5) is 5.69 Å². The highest BCUT2D eigenvalue weighted by Gasteiger charge is 2.32. The molecular weight excluding hydrogens is 508 g/mol. The molecule has 0 bridgehead atoms. The number of nitro groups is 1. The maximum Gasteiger partial charge on any atom is 0.271 e. The number of thiazole rings is 1. The largest absolute Gasteiger partial charge is 0.497 e. The van der Waals surface area contributed by atoms with Crippen LogP contribution in [0.3, 0.4) is 0 Å². The van der Waals surface area contributed by atoms with Crippen LogP contribution in [0.5, 0.6) is 5.75 Å². The van der Waals surface area contributed by atoms with E-state index in [4.69, 9.17) is 9.47 Å². The minimum Gasteiger partial charge on any atom is -0.497 e. The summed E-state index contributed by atoms with van der Waals surface area (Å²) in [5, 5.41) is 11.2. The fourth-order valence-corrected chi connectivity index (χ4v) is 6.59. The van der Waals surface area contributed by atoms with Gasteiger partial charge in [-0.3, -0.25) is 14.9 Å². The van der Waals surface area contributed by atoms with Crippen molar-refractivity contribution >= 4 is 43.2 Å². The highest BCUT2D eigenvalue weighted by molar-refractivity contribution is 7.89. The fraction of sp³-hybridized carbons (Fsp3) is 0.391. The van der Waals surface area contributed by atoms with Gasteiger partial charge in [-0.15, -0.1) is 0 Å². The molecule has 0 radical (unpaired) electrons. The van der Waals surface area contributed by atoms with Crippen LogP contribution in [0.1, 0.15) is 12.8 Å². The number of carbonyl (C=O) groups is 1. The number of rotatable bonds is 8. The number of nitrogens with zero attached hydrogens (tertiary/aromatic N) is 4. The van der Waals surface area contributed by atoms with Gasteiger partial charge in [-0.1, -0.05) is 11.3 Å². The van der Waals surface area contributed by atoms with Crippen LogP contribution in [-0.2, 0) is 26.1 Å². The topological polar surface area (TPSA) is 133 Å². The minimum atomic E-state index is -3.68. The Morgan fingerprint density at radius 2 is 1.86 bits per heavy atom. The third kappa shape index (κ3) is 5.33. The van der Waals surface area contributed by atoms with E-state index in [0.29, 0.717) is 42.1 Å². The van der Waals surface area contributed by atoms with Crippen molar-refractivity contribution in [1.29, 1.82) is 0 Å². The van der Waals surface area contributed by atoms with E-state index in [9.17, 15) is 23.3 Å². The Labute approximate surface area is 211 Å². The summed E-state index contributed by atoms with van der Waals surface area (Å²) in [7, 11) is -0.615. The molecule has 1 fully saturated rings. The molecule has 0 spiro atoms. The van der Waals surface area contributed by atoms with Crippen molar-refractivity contribution < 1.29 is 27.6 Å². The SMILES string of the molecule is COCCn1c(=NC(=O)C2CCN(S(=O)(=O)c3ccc(OC)cc3)CC2)sc2ccc([N+](=O)[O-])cc21. The first kappa shape index (κ1) is 25.9. The first-order chi connectivity index (χ1) is 17.2. The number of ether oxygens (including phenoxy) is 2. The average Bonchev–Trinajstić information content (AvgIpc) is 3.23. The Morgan fingerprint density at radius 1 is 1.17 bits per heavy atom. The van der Waals surface area contributed by atoms with E-state index in [0.717, 1.165) is 4.70 Å². The molecule has 3 aromatic rings. The van der Waals surface area contributed by atoms with Crippen molar-refractivity contribution in [3.05, 3.63) is 57.4 Å². The highest BCUT2D eigenvalue weighted by Crippen LogP contribution is 2.27. The van der Waals surface area contributed by atoms with Crippen LogP contribution in [0.2, 0.25) is 0 Å². The van der Waals surface area contributed by atoms with Gasteiger partial charge in [-0.05, 0) is 43.2 Å². The Balaban J connectivity index is 1.53. The van der Waals surface area contributed by atoms with Crippen LogP contribution in [0, 0.1) is 16.0 Å². The van der Waals surface area contributed by atoms with Crippen molar-refractivity contribution in [2.45, 2.75) is 24.3 Å². The van der Waals surface area contributed by atoms with Crippen LogP contribution < -0.4 is 9.54 Å². The molecular formula is C23H26N4O7S2. The lowest BCUT2D eigenvalue weighted by molar-refractivity contribution is -0.384. The zero-order chi connectivity index (χ0) is 25.9. The number of sulfonamides is 1. The van der Waals surface area contributed by atoms with Gasteiger partial charge >= 0.3 is 0 Å². The Kier molecular flexibility index (Phi) is 7.83. The summed E-state index contributed by atoms with van der Waals surface area (Å²) in [4.78, 5) is 28.8. The van der Waals surface area contributed by atoms with Gasteiger partial charge in [0, 0.05) is 44.8 Å². The summed E-state index contributed by atoms with van der Waals surface area (Å²) >= 11 is 1.27. The number of hydrogen-bond acceptors (Lipinski definition) is 8. The lowest BCUT2D eigenvalue weighted by Gasteiger charge is -2.29. The molecule has 36 heavy (non-hydrogen) atoms. The van der Waals surface area contributed by atoms with E-state index in [2.05, 4.69) is 4.99 Å². The van der Waals surface area contributed by atoms with Crippen molar-refractivity contribution in [3.8, 4) is 5.75 Å². The summed E-state index contributed by atoms with van der Waals surface area (Å²) in [6.07, 6.45) is 0.707. The maximum atomic E-state index is 13.0. The second-order valence-electron chi connectivity index (χ2n) is 8.24. The summed E-state index contributed by atoms with van der Waals surface area (Å²) in [6, 6.07) is 10.7. The van der Waals surface area contributed by atoms with E-state index in [-0.39, 0.29) is 29.6 Å². The van der Waals surface area contributed by atoms with Crippen molar-refractivity contribution in [2.75, 3.05) is 33.9 Å². The van der Waals surface area contributed by atoms with E-state index >= 15 is 0 Å². The first-order valence-electron chi connectivity index (χ1n) is 11.2. The third-order valence-corrected chi connectivity index (χ3v) is 9.07. The Bertz CT molecular complexity index is 1440. The maximum absolute atomic E-state index is 13.0. The molecule has 0 N–H and O–H groups in total. The predicted octanol–water partition coefficient (Wildman–Crippen LogP) is 2.79. The van der Waals surface area contributed by atoms with E-state index < -0.39 is 20.9 Å². The molecule has 0 unspecified atom stereocenters. The van der Waals surface area contributed by atoms with Gasteiger partial charge in [-0.25, -0.2) is 8.42 Å². The Hall–Kier alpha value is -3.13. The molecule has 2 heterocycles. The van der Waals surface area contributed by atoms with Gasteiger partial charge in [0.05, 0.1) is 33.8 Å². The van der Waals surface area contributed by atoms with E-state index in [1.165, 1.54) is 47.0 Å². The lowest BCUT2D eigenvalue weighted by atomic mass is 9.98. The fourth-order valence-electron chi connectivity index (χ4n) is 4.08. The number of benzene rings is 2. The number of nitro benzene ring substituents is 1. The summed E-state index contributed by atoms with van der Waals surface area (Å²) in [6.45, 7) is 1.14. The standard InChI is InChI=1S/C23H26N4O7S2/c1-33-14-13-26-20-15-17(27(29)30)3-8-21(20)35-23(26)24-22(28)16-9-11-25(12-10-16)36(31,32)19-6-4-18(34-2)5-7-19/h3-8,15-16H,9-14H2,1-2H3. The van der Waals surface area contributed by atoms with Gasteiger partial charge in [-0.2, -0.15) is 9.30 Å². The van der Waals surface area contributed by atoms with Crippen LogP contribution in [0.15, 0.2) is 52.4 Å². The molecule has 2 aromatic carbocycles. The molecule has 1 aliphatic heterocycles. The summed E-state index contributed by atoms with van der Waals surface area (Å²) in [5.74, 6) is -0.176. The quantitative estimate of drug-likeness (QED) is 0.320. The molecule has 4 rings (SSSR count). The van der Waals surface area contributed by atoms with Crippen molar-refractivity contribution in [3.63, 3.8) is 0 Å². The molecule has 192 valence electrons. The molecule has 0 saturated carbocycles. The third-order valence-electron chi connectivity index (χ3n) is 6.10. The van der Waals surface area contributed by atoms with Crippen molar-refractivity contribution in [2.24, 2.45) is 10.9 Å². The van der Waals surface area contributed by atoms with Gasteiger partial charge < -0.3 is 14.0 Å². The molecule has 13 heteroatoms. The second-order valence-corrected chi connectivity index (χ2v) is 11.2. The molecule has 1 saturated heterocycles. The van der Waals surface area contributed by atoms with E-state index in [1.807, 2.05) is 0 Å². The molecule has 0 atom stereocenters. The summed E-state index contributed by atoms with van der Waals surface area (Å²) < 4.78 is 40.1. The number of piperidine rings is 1. The number of methoxy groups -OCH3 is 2. The Morgan fingerprint density at radius 3 is 2.47 bits per heavy atom. The number of aromatic nitrogens is 1. The molecule has 11 nitrogen and oxygen atoms in total. The average molecular weight is 535 g/mol. The molecule has 1 aliphatic rings. The number of non-ortho nitro benzene ring substituents is 1. The lowest BCUT2D eigenvalue weighted by Crippen LogP contribution is -2.40. The molecule has 1 aromatic heterocycles. The predicted molar refractivity (Wildman–Crippen MR) is 133 cm³/mol. The number of fused-ring (bicyclic) bond motifs is 1. The number of amides is 1. The smallest absolute Gasteiger partial charge is 0.271 e. The first-order valence-corrected chi connectivity index (χ1v) is 13.5. The van der Waals surface area contributed by atoms with Gasteiger partial charge in [0.1, 0.15) is 5.75 Å². The van der Waals surface area contributed by atoms with Crippen LogP contribution in [-0.4, -0.2) is 62.0 Å². The monoisotopic (exact) mass is 534 g/mol. The van der Waals surface area contributed by atoms with Gasteiger partial charge in [0.2, 0.25) is 10.0 Å². The summed E-state index contributed by atoms with van der Waals surface area (Å²) in [5.41, 5.74) is 0.563. The molecule has 0 aliphatic carbocycles. The number of hydrogen-bond donors (Lipinski definition) is 0. The zero-order valence-electron chi connectivity index (χ0n) is 19.8. The van der Waals surface area contributed by atoms with Crippen molar-refractivity contribution in [1.82, 2.24) is 8.87 Å². The van der Waals surface area contributed by atoms with Gasteiger partial charge in [0.25, 0.3) is 11.6 Å².